The average Bonchev–Trinajstić information content (AvgIpc) is 2.65. The van der Waals surface area contributed by atoms with Crippen molar-refractivity contribution in [2.45, 2.75) is 13.0 Å². The summed E-state index contributed by atoms with van der Waals surface area (Å²) in [4.78, 5) is 0. The third-order valence-corrected chi connectivity index (χ3v) is 3.26. The van der Waals surface area contributed by atoms with Gasteiger partial charge in [0.1, 0.15) is 5.82 Å². The van der Waals surface area contributed by atoms with E-state index in [0.29, 0.717) is 10.6 Å². The zero-order chi connectivity index (χ0) is 13.3. The normalized spacial score (nSPS) is 12.7. The Labute approximate surface area is 110 Å². The Morgan fingerprint density at radius 3 is 2.67 bits per heavy atom. The fourth-order valence-electron chi connectivity index (χ4n) is 1.88. The molecule has 2 aromatic rings. The minimum absolute atomic E-state index is 0.356. The summed E-state index contributed by atoms with van der Waals surface area (Å²) in [5, 5.41) is 4.49. The summed E-state index contributed by atoms with van der Waals surface area (Å²) >= 11 is 5.74. The van der Waals surface area contributed by atoms with Crippen LogP contribution in [0.5, 0.6) is 0 Å². The molecule has 0 radical (unpaired) electrons. The van der Waals surface area contributed by atoms with E-state index >= 15 is 0 Å². The second-order valence-corrected chi connectivity index (χ2v) is 4.51. The molecule has 0 amide bonds. The van der Waals surface area contributed by atoms with Crippen molar-refractivity contribution in [3.8, 4) is 0 Å². The number of hydrazine groups is 1. The number of hydrogen-bond acceptors (Lipinski definition) is 3. The second-order valence-electron chi connectivity index (χ2n) is 4.07. The van der Waals surface area contributed by atoms with Gasteiger partial charge in [0, 0.05) is 28.9 Å². The van der Waals surface area contributed by atoms with Gasteiger partial charge in [-0.3, -0.25) is 10.5 Å². The van der Waals surface area contributed by atoms with Crippen molar-refractivity contribution >= 4 is 11.6 Å². The number of nitrogens with zero attached hydrogens (tertiary/aromatic N) is 2. The summed E-state index contributed by atoms with van der Waals surface area (Å²) < 4.78 is 15.6. The zero-order valence-electron chi connectivity index (χ0n) is 10.1. The Balaban J connectivity index is 2.48. The Kier molecular flexibility index (Phi) is 3.65. The molecule has 2 rings (SSSR count). The van der Waals surface area contributed by atoms with Crippen molar-refractivity contribution in [2.24, 2.45) is 12.9 Å². The fourth-order valence-corrected chi connectivity index (χ4v) is 2.04. The number of nitrogens with two attached hydrogens (primary N) is 1. The molecule has 0 fully saturated rings. The van der Waals surface area contributed by atoms with Crippen LogP contribution in [0.15, 0.2) is 24.4 Å². The van der Waals surface area contributed by atoms with Gasteiger partial charge in [-0.15, -0.1) is 0 Å². The van der Waals surface area contributed by atoms with Gasteiger partial charge >= 0.3 is 0 Å². The van der Waals surface area contributed by atoms with Crippen molar-refractivity contribution in [1.29, 1.82) is 0 Å². The topological polar surface area (TPSA) is 55.9 Å². The van der Waals surface area contributed by atoms with E-state index in [1.54, 1.807) is 23.0 Å². The molecule has 1 aromatic heterocycles. The molecule has 96 valence electrons. The van der Waals surface area contributed by atoms with Crippen LogP contribution in [0.25, 0.3) is 0 Å². The summed E-state index contributed by atoms with van der Waals surface area (Å²) in [7, 11) is 1.82. The fraction of sp³-hybridized carbons (Fsp3) is 0.250. The highest BCUT2D eigenvalue weighted by atomic mass is 35.5. The van der Waals surface area contributed by atoms with Crippen LogP contribution in [-0.2, 0) is 7.05 Å². The number of aryl methyl sites for hydroxylation is 1. The molecule has 4 nitrogen and oxygen atoms in total. The van der Waals surface area contributed by atoms with Crippen molar-refractivity contribution < 1.29 is 4.39 Å². The van der Waals surface area contributed by atoms with Gasteiger partial charge in [-0.1, -0.05) is 17.7 Å². The number of nitrogens with one attached hydrogen (secondary N) is 1. The molecule has 0 saturated carbocycles. The molecule has 1 aromatic carbocycles. The van der Waals surface area contributed by atoms with Crippen LogP contribution in [0.3, 0.4) is 0 Å². The van der Waals surface area contributed by atoms with Gasteiger partial charge in [-0.25, -0.2) is 9.82 Å². The lowest BCUT2D eigenvalue weighted by atomic mass is 9.99. The Bertz CT molecular complexity index is 567. The van der Waals surface area contributed by atoms with Gasteiger partial charge in [0.15, 0.2) is 0 Å². The lowest BCUT2D eigenvalue weighted by Crippen LogP contribution is -2.29. The van der Waals surface area contributed by atoms with E-state index in [2.05, 4.69) is 10.5 Å². The summed E-state index contributed by atoms with van der Waals surface area (Å²) in [6.07, 6.45) is 1.67. The van der Waals surface area contributed by atoms with Crippen LogP contribution in [-0.4, -0.2) is 9.78 Å². The first-order valence-electron chi connectivity index (χ1n) is 5.44. The highest BCUT2D eigenvalue weighted by Gasteiger charge is 2.20. The molecule has 3 N–H and O–H groups in total. The van der Waals surface area contributed by atoms with Crippen LogP contribution >= 0.6 is 11.6 Å². The van der Waals surface area contributed by atoms with Gasteiger partial charge in [-0.05, 0) is 19.1 Å². The van der Waals surface area contributed by atoms with E-state index in [0.717, 1.165) is 11.3 Å². The third kappa shape index (κ3) is 2.25. The molecule has 1 unspecified atom stereocenters. The molecule has 6 heteroatoms. The summed E-state index contributed by atoms with van der Waals surface area (Å²) in [5.74, 6) is 5.14. The van der Waals surface area contributed by atoms with Crippen molar-refractivity contribution in [3.05, 3.63) is 52.1 Å². The number of rotatable bonds is 3. The van der Waals surface area contributed by atoms with Gasteiger partial charge in [-0.2, -0.15) is 5.10 Å². The molecular weight excluding hydrogens is 255 g/mol. The minimum atomic E-state index is -0.448. The maximum Gasteiger partial charge on any atom is 0.129 e. The van der Waals surface area contributed by atoms with E-state index < -0.39 is 11.9 Å². The SMILES string of the molecule is Cc1c(C(NN)c2ccc(Cl)cc2F)cnn1C. The molecule has 1 heterocycles. The van der Waals surface area contributed by atoms with Gasteiger partial charge in [0.05, 0.1) is 12.2 Å². The van der Waals surface area contributed by atoms with E-state index in [1.165, 1.54) is 6.07 Å². The Morgan fingerprint density at radius 2 is 2.17 bits per heavy atom. The Morgan fingerprint density at radius 1 is 1.44 bits per heavy atom. The Hall–Kier alpha value is -1.43. The molecular formula is C12H14ClFN4. The zero-order valence-corrected chi connectivity index (χ0v) is 10.9. The van der Waals surface area contributed by atoms with Gasteiger partial charge < -0.3 is 0 Å². The molecule has 0 aliphatic rings. The first kappa shape index (κ1) is 13.0. The monoisotopic (exact) mass is 268 g/mol. The largest absolute Gasteiger partial charge is 0.273 e. The predicted molar refractivity (Wildman–Crippen MR) is 68.5 cm³/mol. The lowest BCUT2D eigenvalue weighted by molar-refractivity contribution is 0.558. The van der Waals surface area contributed by atoms with Gasteiger partial charge in [0.25, 0.3) is 0 Å². The summed E-state index contributed by atoms with van der Waals surface area (Å²) in [6.45, 7) is 1.90. The first-order valence-corrected chi connectivity index (χ1v) is 5.82. The molecule has 0 aliphatic heterocycles. The van der Waals surface area contributed by atoms with E-state index in [1.807, 2.05) is 14.0 Å². The first-order chi connectivity index (χ1) is 8.54. The quantitative estimate of drug-likeness (QED) is 0.662. The minimum Gasteiger partial charge on any atom is -0.273 e. The number of hydrogen-bond donors (Lipinski definition) is 2. The molecule has 0 saturated heterocycles. The smallest absolute Gasteiger partial charge is 0.129 e. The van der Waals surface area contributed by atoms with Crippen LogP contribution < -0.4 is 11.3 Å². The average molecular weight is 269 g/mol. The maximum absolute atomic E-state index is 13.9. The summed E-state index contributed by atoms with van der Waals surface area (Å²) in [5.41, 5.74) is 4.81. The van der Waals surface area contributed by atoms with Gasteiger partial charge in [0.2, 0.25) is 0 Å². The predicted octanol–water partition coefficient (Wildman–Crippen LogP) is 2.07. The van der Waals surface area contributed by atoms with Crippen LogP contribution in [0.4, 0.5) is 4.39 Å². The van der Waals surface area contributed by atoms with E-state index in [9.17, 15) is 4.39 Å². The molecule has 1 atom stereocenters. The summed E-state index contributed by atoms with van der Waals surface area (Å²) in [6, 6.07) is 4.08. The van der Waals surface area contributed by atoms with Crippen LogP contribution in [0.1, 0.15) is 22.9 Å². The van der Waals surface area contributed by atoms with E-state index in [4.69, 9.17) is 17.4 Å². The number of aromatic nitrogens is 2. The van der Waals surface area contributed by atoms with Crippen molar-refractivity contribution in [2.75, 3.05) is 0 Å². The number of halogens is 2. The molecule has 18 heavy (non-hydrogen) atoms. The highest BCUT2D eigenvalue weighted by molar-refractivity contribution is 6.30. The van der Waals surface area contributed by atoms with Crippen molar-refractivity contribution in [3.63, 3.8) is 0 Å². The molecule has 0 bridgehead atoms. The van der Waals surface area contributed by atoms with Crippen molar-refractivity contribution in [1.82, 2.24) is 15.2 Å². The standard InChI is InChI=1S/C12H14ClFN4/c1-7-10(6-16-18(7)2)12(17-15)9-4-3-8(13)5-11(9)14/h3-6,12,17H,15H2,1-2H3. The lowest BCUT2D eigenvalue weighted by Gasteiger charge is -2.17. The maximum atomic E-state index is 13.9. The third-order valence-electron chi connectivity index (χ3n) is 3.02. The highest BCUT2D eigenvalue weighted by Crippen LogP contribution is 2.27. The van der Waals surface area contributed by atoms with Crippen LogP contribution in [0.2, 0.25) is 5.02 Å². The van der Waals surface area contributed by atoms with Crippen LogP contribution in [0, 0.1) is 12.7 Å². The second kappa shape index (κ2) is 5.06. The molecule has 0 spiro atoms. The number of benzene rings is 1. The van der Waals surface area contributed by atoms with E-state index in [-0.39, 0.29) is 0 Å². The molecule has 0 aliphatic carbocycles.